The number of nitrogens with zero attached hydrogens (tertiary/aromatic N) is 2. The normalized spacial score (nSPS) is 10.7. The average molecular weight is 437 g/mol. The summed E-state index contributed by atoms with van der Waals surface area (Å²) in [5, 5.41) is 1.04. The van der Waals surface area contributed by atoms with Crippen LogP contribution in [0.2, 0.25) is 5.28 Å². The number of aromatic nitrogens is 2. The fourth-order valence-corrected chi connectivity index (χ4v) is 3.67. The summed E-state index contributed by atoms with van der Waals surface area (Å²) in [5.41, 5.74) is 4.26. The summed E-state index contributed by atoms with van der Waals surface area (Å²) in [6.07, 6.45) is 0. The minimum absolute atomic E-state index is 0.177. The van der Waals surface area contributed by atoms with Crippen LogP contribution in [-0.2, 0) is 0 Å². The minimum Gasteiger partial charge on any atom is -0.493 e. The largest absolute Gasteiger partial charge is 0.493 e. The van der Waals surface area contributed by atoms with Crippen LogP contribution in [0.15, 0.2) is 54.6 Å². The highest BCUT2D eigenvalue weighted by molar-refractivity contribution is 6.28. The predicted octanol–water partition coefficient (Wildman–Crippen LogP) is 5.65. The summed E-state index contributed by atoms with van der Waals surface area (Å²) in [4.78, 5) is 8.90. The van der Waals surface area contributed by atoms with Crippen molar-refractivity contribution in [2.75, 3.05) is 28.4 Å². The van der Waals surface area contributed by atoms with Crippen LogP contribution < -0.4 is 18.9 Å². The van der Waals surface area contributed by atoms with Crippen LogP contribution in [0, 0.1) is 0 Å². The lowest BCUT2D eigenvalue weighted by atomic mass is 10.00. The summed E-state index contributed by atoms with van der Waals surface area (Å²) in [6, 6.07) is 17.4. The monoisotopic (exact) mass is 436 g/mol. The van der Waals surface area contributed by atoms with Crippen molar-refractivity contribution in [2.45, 2.75) is 0 Å². The first-order valence-electron chi connectivity index (χ1n) is 9.50. The number of fused-ring (bicyclic) bond motifs is 1. The van der Waals surface area contributed by atoms with Crippen molar-refractivity contribution in [3.63, 3.8) is 0 Å². The van der Waals surface area contributed by atoms with Gasteiger partial charge in [0.05, 0.1) is 39.6 Å². The summed E-state index contributed by atoms with van der Waals surface area (Å²) in [7, 11) is 6.43. The molecular formula is C24H21ClN2O4. The Kier molecular flexibility index (Phi) is 5.82. The molecule has 6 nitrogen and oxygen atoms in total. The lowest BCUT2D eigenvalue weighted by molar-refractivity contribution is 0.355. The topological polar surface area (TPSA) is 62.7 Å². The summed E-state index contributed by atoms with van der Waals surface area (Å²) in [5.74, 6) is 2.58. The van der Waals surface area contributed by atoms with E-state index in [9.17, 15) is 0 Å². The van der Waals surface area contributed by atoms with Gasteiger partial charge < -0.3 is 18.9 Å². The molecule has 7 heteroatoms. The SMILES string of the molecule is COc1ccc(-c2ccc3nc(Cl)nc(-c4ccc(OC)c(OC)c4)c3c2)cc1OC. The molecule has 0 fully saturated rings. The maximum absolute atomic E-state index is 6.23. The van der Waals surface area contributed by atoms with Crippen molar-refractivity contribution in [2.24, 2.45) is 0 Å². The molecule has 0 aliphatic heterocycles. The van der Waals surface area contributed by atoms with Crippen molar-refractivity contribution in [1.29, 1.82) is 0 Å². The number of hydrogen-bond donors (Lipinski definition) is 0. The Labute approximate surface area is 185 Å². The van der Waals surface area contributed by atoms with Gasteiger partial charge in [-0.1, -0.05) is 12.1 Å². The molecule has 1 aromatic heterocycles. The molecule has 31 heavy (non-hydrogen) atoms. The third-order valence-corrected chi connectivity index (χ3v) is 5.21. The first kappa shape index (κ1) is 20.8. The smallest absolute Gasteiger partial charge is 0.223 e. The molecule has 0 radical (unpaired) electrons. The number of rotatable bonds is 6. The predicted molar refractivity (Wildman–Crippen MR) is 122 cm³/mol. The van der Waals surface area contributed by atoms with Crippen LogP contribution in [0.4, 0.5) is 0 Å². The number of benzene rings is 3. The molecule has 0 bridgehead atoms. The van der Waals surface area contributed by atoms with E-state index in [4.69, 9.17) is 30.5 Å². The molecule has 0 N–H and O–H groups in total. The van der Waals surface area contributed by atoms with Crippen LogP contribution in [0.1, 0.15) is 0 Å². The van der Waals surface area contributed by atoms with Crippen LogP contribution in [0.5, 0.6) is 23.0 Å². The number of hydrogen-bond acceptors (Lipinski definition) is 6. The highest BCUT2D eigenvalue weighted by Gasteiger charge is 2.14. The quantitative estimate of drug-likeness (QED) is 0.364. The first-order chi connectivity index (χ1) is 15.1. The van der Waals surface area contributed by atoms with Gasteiger partial charge in [-0.05, 0) is 65.2 Å². The Balaban J connectivity index is 1.90. The standard InChI is InChI=1S/C24H21ClN2O4/c1-28-19-9-6-15(12-21(19)30-3)14-5-8-18-17(11-14)23(27-24(25)26-18)16-7-10-20(29-2)22(13-16)31-4/h5-13H,1-4H3. The molecule has 4 rings (SSSR count). The van der Waals surface area contributed by atoms with Gasteiger partial charge >= 0.3 is 0 Å². The van der Waals surface area contributed by atoms with E-state index in [1.807, 2.05) is 54.6 Å². The van der Waals surface area contributed by atoms with Gasteiger partial charge in [0.15, 0.2) is 23.0 Å². The Bertz CT molecular complexity index is 1260. The third kappa shape index (κ3) is 3.94. The zero-order valence-corrected chi connectivity index (χ0v) is 18.4. The van der Waals surface area contributed by atoms with E-state index in [2.05, 4.69) is 9.97 Å². The van der Waals surface area contributed by atoms with E-state index in [1.54, 1.807) is 28.4 Å². The van der Waals surface area contributed by atoms with E-state index >= 15 is 0 Å². The van der Waals surface area contributed by atoms with Crippen molar-refractivity contribution in [3.8, 4) is 45.4 Å². The molecule has 0 aliphatic rings. The van der Waals surface area contributed by atoms with Gasteiger partial charge in [-0.3, -0.25) is 0 Å². The van der Waals surface area contributed by atoms with E-state index < -0.39 is 0 Å². The van der Waals surface area contributed by atoms with Crippen molar-refractivity contribution >= 4 is 22.5 Å². The van der Waals surface area contributed by atoms with Crippen LogP contribution in [0.25, 0.3) is 33.3 Å². The summed E-state index contributed by atoms with van der Waals surface area (Å²) in [6.45, 7) is 0. The maximum atomic E-state index is 6.23. The van der Waals surface area contributed by atoms with Crippen LogP contribution >= 0.6 is 11.6 Å². The van der Waals surface area contributed by atoms with Gasteiger partial charge in [-0.2, -0.15) is 0 Å². The molecule has 0 saturated heterocycles. The first-order valence-corrected chi connectivity index (χ1v) is 9.87. The molecule has 0 atom stereocenters. The number of halogens is 1. The molecular weight excluding hydrogens is 416 g/mol. The summed E-state index contributed by atoms with van der Waals surface area (Å²) < 4.78 is 21.6. The lowest BCUT2D eigenvalue weighted by Gasteiger charge is -2.13. The van der Waals surface area contributed by atoms with Crippen LogP contribution in [-0.4, -0.2) is 38.4 Å². The van der Waals surface area contributed by atoms with Crippen molar-refractivity contribution in [3.05, 3.63) is 59.9 Å². The van der Waals surface area contributed by atoms with Gasteiger partial charge in [0.2, 0.25) is 5.28 Å². The second kappa shape index (κ2) is 8.70. The highest BCUT2D eigenvalue weighted by Crippen LogP contribution is 2.37. The molecule has 0 amide bonds. The zero-order valence-electron chi connectivity index (χ0n) is 17.6. The van der Waals surface area contributed by atoms with E-state index in [1.165, 1.54) is 0 Å². The molecule has 0 unspecified atom stereocenters. The van der Waals surface area contributed by atoms with Gasteiger partial charge in [0, 0.05) is 10.9 Å². The fourth-order valence-electron chi connectivity index (χ4n) is 3.50. The zero-order chi connectivity index (χ0) is 22.0. The van der Waals surface area contributed by atoms with Gasteiger partial charge in [-0.25, -0.2) is 9.97 Å². The van der Waals surface area contributed by atoms with Gasteiger partial charge in [0.25, 0.3) is 0 Å². The molecule has 3 aromatic carbocycles. The van der Waals surface area contributed by atoms with Gasteiger partial charge in [-0.15, -0.1) is 0 Å². The highest BCUT2D eigenvalue weighted by atomic mass is 35.5. The second-order valence-electron chi connectivity index (χ2n) is 6.71. The second-order valence-corrected chi connectivity index (χ2v) is 7.05. The van der Waals surface area contributed by atoms with Crippen molar-refractivity contribution in [1.82, 2.24) is 9.97 Å². The maximum Gasteiger partial charge on any atom is 0.223 e. The molecule has 0 spiro atoms. The Morgan fingerprint density at radius 3 is 1.71 bits per heavy atom. The third-order valence-electron chi connectivity index (χ3n) is 5.04. The average Bonchev–Trinajstić information content (AvgIpc) is 2.82. The fraction of sp³-hybridized carbons (Fsp3) is 0.167. The molecule has 1 heterocycles. The number of ether oxygens (including phenoxy) is 4. The molecule has 158 valence electrons. The molecule has 4 aromatic rings. The molecule has 0 saturated carbocycles. The lowest BCUT2D eigenvalue weighted by Crippen LogP contribution is -1.95. The van der Waals surface area contributed by atoms with E-state index in [-0.39, 0.29) is 5.28 Å². The minimum atomic E-state index is 0.177. The van der Waals surface area contributed by atoms with E-state index in [0.717, 1.165) is 27.6 Å². The van der Waals surface area contributed by atoms with Gasteiger partial charge in [0.1, 0.15) is 0 Å². The number of methoxy groups -OCH3 is 4. The Morgan fingerprint density at radius 1 is 0.581 bits per heavy atom. The molecule has 0 aliphatic carbocycles. The van der Waals surface area contributed by atoms with E-state index in [0.29, 0.717) is 28.7 Å². The van der Waals surface area contributed by atoms with Crippen LogP contribution in [0.3, 0.4) is 0 Å². The summed E-state index contributed by atoms with van der Waals surface area (Å²) >= 11 is 6.23. The van der Waals surface area contributed by atoms with Crippen molar-refractivity contribution < 1.29 is 18.9 Å². The Hall–Kier alpha value is -3.51. The Morgan fingerprint density at radius 2 is 1.10 bits per heavy atom.